The number of carbonyl (C=O) groups excluding carboxylic acids is 2. The van der Waals surface area contributed by atoms with Crippen molar-refractivity contribution in [2.24, 2.45) is 0 Å². The molecule has 0 aromatic heterocycles. The van der Waals surface area contributed by atoms with Gasteiger partial charge in [0.25, 0.3) is 0 Å². The molecule has 202 valence electrons. The Morgan fingerprint density at radius 1 is 0.921 bits per heavy atom. The first kappa shape index (κ1) is 28.8. The number of halogens is 1. The number of nitrogens with zero attached hydrogens (tertiary/aromatic N) is 2. The lowest BCUT2D eigenvalue weighted by molar-refractivity contribution is -0.140. The fraction of sp³-hybridized carbons (Fsp3) is 0.310. The van der Waals surface area contributed by atoms with E-state index in [2.05, 4.69) is 5.32 Å². The molecule has 0 heterocycles. The van der Waals surface area contributed by atoms with Gasteiger partial charge < -0.3 is 10.2 Å². The van der Waals surface area contributed by atoms with Gasteiger partial charge in [-0.15, -0.1) is 0 Å². The third kappa shape index (κ3) is 8.14. The number of anilines is 1. The van der Waals surface area contributed by atoms with Crippen molar-refractivity contribution in [3.63, 3.8) is 0 Å². The highest BCUT2D eigenvalue weighted by molar-refractivity contribution is 7.92. The molecule has 0 aliphatic heterocycles. The Morgan fingerprint density at radius 2 is 1.58 bits per heavy atom. The van der Waals surface area contributed by atoms with Gasteiger partial charge in [-0.05, 0) is 61.7 Å². The largest absolute Gasteiger partial charge is 0.352 e. The van der Waals surface area contributed by atoms with Crippen LogP contribution in [0.1, 0.15) is 30.5 Å². The second-order valence-electron chi connectivity index (χ2n) is 9.63. The number of sulfonamides is 1. The molecule has 3 aromatic rings. The number of carbonyl (C=O) groups is 2. The van der Waals surface area contributed by atoms with Crippen LogP contribution in [-0.4, -0.2) is 50.0 Å². The number of benzene rings is 3. The summed E-state index contributed by atoms with van der Waals surface area (Å²) in [6, 6.07) is 20.7. The highest BCUT2D eigenvalue weighted by Gasteiger charge is 2.33. The first-order valence-corrected chi connectivity index (χ1v) is 14.2. The van der Waals surface area contributed by atoms with Crippen LogP contribution < -0.4 is 9.62 Å². The van der Waals surface area contributed by atoms with Gasteiger partial charge in [-0.3, -0.25) is 13.9 Å². The van der Waals surface area contributed by atoms with E-state index in [4.69, 9.17) is 0 Å². The Balaban J connectivity index is 2.05. The number of aryl methyl sites for hydroxylation is 1. The van der Waals surface area contributed by atoms with Crippen molar-refractivity contribution in [1.82, 2.24) is 10.2 Å². The van der Waals surface area contributed by atoms with Gasteiger partial charge in [0.1, 0.15) is 18.4 Å². The van der Waals surface area contributed by atoms with Crippen molar-refractivity contribution in [3.8, 4) is 0 Å². The molecule has 0 saturated carbocycles. The van der Waals surface area contributed by atoms with Gasteiger partial charge in [-0.2, -0.15) is 0 Å². The summed E-state index contributed by atoms with van der Waals surface area (Å²) in [5.41, 5.74) is 2.64. The maximum atomic E-state index is 13.9. The Labute approximate surface area is 224 Å². The van der Waals surface area contributed by atoms with Crippen molar-refractivity contribution in [3.05, 3.63) is 101 Å². The molecule has 1 atom stereocenters. The van der Waals surface area contributed by atoms with Gasteiger partial charge in [0, 0.05) is 19.0 Å². The van der Waals surface area contributed by atoms with Crippen molar-refractivity contribution >= 4 is 27.5 Å². The average molecular weight is 540 g/mol. The zero-order valence-corrected chi connectivity index (χ0v) is 22.9. The molecule has 38 heavy (non-hydrogen) atoms. The van der Waals surface area contributed by atoms with Crippen LogP contribution in [-0.2, 0) is 32.6 Å². The molecular weight excluding hydrogens is 505 g/mol. The van der Waals surface area contributed by atoms with Crippen LogP contribution in [0.4, 0.5) is 10.1 Å². The molecule has 0 bridgehead atoms. The summed E-state index contributed by atoms with van der Waals surface area (Å²) in [4.78, 5) is 28.7. The molecule has 0 spiro atoms. The molecule has 1 unspecified atom stereocenters. The van der Waals surface area contributed by atoms with Crippen molar-refractivity contribution in [1.29, 1.82) is 0 Å². The molecule has 1 N–H and O–H groups in total. The molecule has 2 amide bonds. The van der Waals surface area contributed by atoms with Gasteiger partial charge in [-0.1, -0.05) is 54.6 Å². The third-order valence-electron chi connectivity index (χ3n) is 5.94. The minimum atomic E-state index is -3.83. The Kier molecular flexibility index (Phi) is 9.63. The molecule has 0 aliphatic carbocycles. The molecule has 0 saturated heterocycles. The van der Waals surface area contributed by atoms with Crippen molar-refractivity contribution in [2.75, 3.05) is 17.1 Å². The number of hydrogen-bond donors (Lipinski definition) is 1. The normalized spacial score (nSPS) is 12.2. The SMILES string of the molecule is Cc1cccc(N(CC(=O)N(Cc2ccc(F)cc2)C(Cc2ccccc2)C(=O)NC(C)C)S(C)(=O)=O)c1. The third-order valence-corrected chi connectivity index (χ3v) is 7.08. The van der Waals surface area contributed by atoms with Crippen molar-refractivity contribution < 1.29 is 22.4 Å². The van der Waals surface area contributed by atoms with Crippen LogP contribution in [0.3, 0.4) is 0 Å². The summed E-state index contributed by atoms with van der Waals surface area (Å²) < 4.78 is 40.2. The highest BCUT2D eigenvalue weighted by atomic mass is 32.2. The number of rotatable bonds is 11. The van der Waals surface area contributed by atoms with Gasteiger partial charge >= 0.3 is 0 Å². The van der Waals surface area contributed by atoms with E-state index in [0.717, 1.165) is 21.7 Å². The summed E-state index contributed by atoms with van der Waals surface area (Å²) >= 11 is 0. The highest BCUT2D eigenvalue weighted by Crippen LogP contribution is 2.21. The average Bonchev–Trinajstić information content (AvgIpc) is 2.85. The number of amides is 2. The van der Waals surface area contributed by atoms with Crippen LogP contribution >= 0.6 is 0 Å². The summed E-state index contributed by atoms with van der Waals surface area (Å²) in [5.74, 6) is -1.34. The summed E-state index contributed by atoms with van der Waals surface area (Å²) in [5, 5.41) is 2.89. The van der Waals surface area contributed by atoms with Crippen LogP contribution in [0.25, 0.3) is 0 Å². The van der Waals surface area contributed by atoms with E-state index in [1.54, 1.807) is 30.3 Å². The minimum Gasteiger partial charge on any atom is -0.352 e. The van der Waals surface area contributed by atoms with Crippen LogP contribution in [0, 0.1) is 12.7 Å². The number of hydrogen-bond acceptors (Lipinski definition) is 4. The lowest BCUT2D eigenvalue weighted by Gasteiger charge is -2.34. The quantitative estimate of drug-likeness (QED) is 0.398. The summed E-state index contributed by atoms with van der Waals surface area (Å²) in [6.07, 6.45) is 1.26. The van der Waals surface area contributed by atoms with E-state index in [-0.39, 0.29) is 24.9 Å². The van der Waals surface area contributed by atoms with Gasteiger partial charge in [-0.25, -0.2) is 12.8 Å². The lowest BCUT2D eigenvalue weighted by Crippen LogP contribution is -2.54. The van der Waals surface area contributed by atoms with E-state index in [1.165, 1.54) is 17.0 Å². The molecule has 3 rings (SSSR count). The lowest BCUT2D eigenvalue weighted by atomic mass is 10.0. The molecule has 7 nitrogen and oxygen atoms in total. The predicted molar refractivity (Wildman–Crippen MR) is 148 cm³/mol. The van der Waals surface area contributed by atoms with Crippen LogP contribution in [0.5, 0.6) is 0 Å². The fourth-order valence-electron chi connectivity index (χ4n) is 4.12. The van der Waals surface area contributed by atoms with Crippen LogP contribution in [0.15, 0.2) is 78.9 Å². The maximum absolute atomic E-state index is 13.9. The fourth-order valence-corrected chi connectivity index (χ4v) is 4.96. The zero-order chi connectivity index (χ0) is 27.9. The van der Waals surface area contributed by atoms with E-state index >= 15 is 0 Å². The number of nitrogens with one attached hydrogen (secondary N) is 1. The Morgan fingerprint density at radius 3 is 2.16 bits per heavy atom. The van der Waals surface area contributed by atoms with E-state index in [9.17, 15) is 22.4 Å². The molecular formula is C29H34FN3O4S. The maximum Gasteiger partial charge on any atom is 0.244 e. The summed E-state index contributed by atoms with van der Waals surface area (Å²) in [7, 11) is -3.83. The Bertz CT molecular complexity index is 1350. The summed E-state index contributed by atoms with van der Waals surface area (Å²) in [6.45, 7) is 4.98. The molecule has 3 aromatic carbocycles. The van der Waals surface area contributed by atoms with Gasteiger partial charge in [0.15, 0.2) is 0 Å². The molecule has 0 fully saturated rings. The smallest absolute Gasteiger partial charge is 0.244 e. The first-order valence-electron chi connectivity index (χ1n) is 12.4. The topological polar surface area (TPSA) is 86.8 Å². The van der Waals surface area contributed by atoms with E-state index < -0.39 is 34.3 Å². The standard InChI is InChI=1S/C29H34FN3O4S/c1-21(2)31-29(35)27(18-23-10-6-5-7-11-23)32(19-24-13-15-25(30)16-14-24)28(34)20-33(38(4,36)37)26-12-8-9-22(3)17-26/h5-17,21,27H,18-20H2,1-4H3,(H,31,35). The Hall–Kier alpha value is -3.72. The molecule has 9 heteroatoms. The van der Waals surface area contributed by atoms with E-state index in [0.29, 0.717) is 11.3 Å². The van der Waals surface area contributed by atoms with Gasteiger partial charge in [0.2, 0.25) is 21.8 Å². The van der Waals surface area contributed by atoms with Crippen molar-refractivity contribution in [2.45, 2.75) is 45.8 Å². The van der Waals surface area contributed by atoms with Gasteiger partial charge in [0.05, 0.1) is 11.9 Å². The van der Waals surface area contributed by atoms with E-state index in [1.807, 2.05) is 57.2 Å². The van der Waals surface area contributed by atoms with Crippen LogP contribution in [0.2, 0.25) is 0 Å². The minimum absolute atomic E-state index is 0.00640. The predicted octanol–water partition coefficient (Wildman–Crippen LogP) is 4.06. The zero-order valence-electron chi connectivity index (χ0n) is 22.1. The first-order chi connectivity index (χ1) is 17.9. The monoisotopic (exact) mass is 539 g/mol. The molecule has 0 aliphatic rings. The molecule has 0 radical (unpaired) electrons. The second-order valence-corrected chi connectivity index (χ2v) is 11.5. The second kappa shape index (κ2) is 12.7.